The van der Waals surface area contributed by atoms with E-state index in [-0.39, 0.29) is 30.0 Å². The van der Waals surface area contributed by atoms with Crippen molar-refractivity contribution < 1.29 is 23.1 Å². The Bertz CT molecular complexity index is 844. The summed E-state index contributed by atoms with van der Waals surface area (Å²) < 4.78 is 28.7. The molecule has 5 nitrogen and oxygen atoms in total. The number of alkyl halides is 2. The molecule has 2 aromatic rings. The number of nitrogens with one attached hydrogen (secondary N) is 1. The number of halogens is 3. The van der Waals surface area contributed by atoms with E-state index in [1.165, 1.54) is 12.1 Å². The van der Waals surface area contributed by atoms with Crippen molar-refractivity contribution in [3.63, 3.8) is 0 Å². The molecule has 1 fully saturated rings. The normalized spacial score (nSPS) is 16.6. The summed E-state index contributed by atoms with van der Waals surface area (Å²) >= 11 is 5.86. The van der Waals surface area contributed by atoms with E-state index < -0.39 is 6.61 Å². The van der Waals surface area contributed by atoms with E-state index in [0.717, 1.165) is 12.0 Å². The molecule has 2 aromatic carbocycles. The summed E-state index contributed by atoms with van der Waals surface area (Å²) in [6.45, 7) is -1.63. The third-order valence-electron chi connectivity index (χ3n) is 4.79. The minimum absolute atomic E-state index is 0.0683. The summed E-state index contributed by atoms with van der Waals surface area (Å²) in [5.41, 5.74) is 1.31. The van der Waals surface area contributed by atoms with Crippen LogP contribution in [0.4, 0.5) is 8.78 Å². The molecule has 0 aliphatic carbocycles. The highest BCUT2D eigenvalue weighted by atomic mass is 35.5. The van der Waals surface area contributed by atoms with Gasteiger partial charge in [-0.1, -0.05) is 23.7 Å². The third kappa shape index (κ3) is 5.90. The van der Waals surface area contributed by atoms with Crippen molar-refractivity contribution in [2.24, 2.45) is 5.92 Å². The maximum atomic E-state index is 12.7. The highest BCUT2D eigenvalue weighted by Gasteiger charge is 2.28. The minimum atomic E-state index is -2.87. The van der Waals surface area contributed by atoms with E-state index in [2.05, 4.69) is 10.1 Å². The van der Waals surface area contributed by atoms with E-state index in [1.54, 1.807) is 41.3 Å². The summed E-state index contributed by atoms with van der Waals surface area (Å²) in [6, 6.07) is 12.8. The molecule has 8 heteroatoms. The quantitative estimate of drug-likeness (QED) is 0.762. The lowest BCUT2D eigenvalue weighted by Gasteiger charge is -2.32. The van der Waals surface area contributed by atoms with E-state index in [4.69, 9.17) is 11.6 Å². The fourth-order valence-electron chi connectivity index (χ4n) is 3.27. The van der Waals surface area contributed by atoms with Crippen LogP contribution < -0.4 is 10.1 Å². The third-order valence-corrected chi connectivity index (χ3v) is 5.04. The number of carbonyl (C=O) groups is 2. The zero-order valence-electron chi connectivity index (χ0n) is 15.6. The van der Waals surface area contributed by atoms with Gasteiger partial charge in [0.25, 0.3) is 5.91 Å². The molecule has 2 amide bonds. The number of rotatable bonds is 6. The lowest BCUT2D eigenvalue weighted by molar-refractivity contribution is -0.126. The predicted octanol–water partition coefficient (Wildman–Crippen LogP) is 4.11. The number of carbonyl (C=O) groups excluding carboxylic acids is 2. The van der Waals surface area contributed by atoms with Crippen LogP contribution in [0.25, 0.3) is 0 Å². The number of benzene rings is 2. The molecule has 1 aliphatic rings. The highest BCUT2D eigenvalue weighted by molar-refractivity contribution is 6.30. The molecule has 1 aliphatic heterocycles. The van der Waals surface area contributed by atoms with Crippen molar-refractivity contribution in [1.82, 2.24) is 10.2 Å². The first kappa shape index (κ1) is 21.0. The Balaban J connectivity index is 1.52. The summed E-state index contributed by atoms with van der Waals surface area (Å²) in [6.07, 6.45) is 1.45. The highest BCUT2D eigenvalue weighted by Crippen LogP contribution is 2.20. The number of ether oxygens (including phenoxy) is 1. The van der Waals surface area contributed by atoms with Gasteiger partial charge in [-0.2, -0.15) is 8.78 Å². The number of piperidine rings is 1. The van der Waals surface area contributed by atoms with E-state index in [1.807, 2.05) is 0 Å². The summed E-state index contributed by atoms with van der Waals surface area (Å²) in [7, 11) is 0. The molecular weight excluding hydrogens is 402 g/mol. The molecule has 1 heterocycles. The second-order valence-electron chi connectivity index (χ2n) is 6.84. The van der Waals surface area contributed by atoms with Crippen LogP contribution in [-0.2, 0) is 11.3 Å². The lowest BCUT2D eigenvalue weighted by atomic mass is 9.96. The zero-order chi connectivity index (χ0) is 20.8. The molecule has 0 bridgehead atoms. The van der Waals surface area contributed by atoms with Gasteiger partial charge >= 0.3 is 6.61 Å². The number of nitrogens with zero attached hydrogens (tertiary/aromatic N) is 1. The molecular formula is C21H21ClF2N2O3. The summed E-state index contributed by atoms with van der Waals surface area (Å²) in [5.74, 6) is -0.472. The van der Waals surface area contributed by atoms with E-state index in [9.17, 15) is 18.4 Å². The van der Waals surface area contributed by atoms with Gasteiger partial charge in [0.15, 0.2) is 0 Å². The average molecular weight is 423 g/mol. The Morgan fingerprint density at radius 1 is 1.14 bits per heavy atom. The fraction of sp³-hybridized carbons (Fsp3) is 0.333. The van der Waals surface area contributed by atoms with Gasteiger partial charge in [-0.15, -0.1) is 0 Å². The molecule has 0 spiro atoms. The fourth-order valence-corrected chi connectivity index (χ4v) is 3.40. The second-order valence-corrected chi connectivity index (χ2v) is 7.27. The number of hydrogen-bond acceptors (Lipinski definition) is 3. The standard InChI is InChI=1S/C21H21ClF2N2O3/c22-17-7-5-15(6-8-17)20(28)26-11-1-2-16(13-26)19(27)25-12-14-3-9-18(10-4-14)29-21(23)24/h3-10,16,21H,1-2,11-13H2,(H,25,27). The van der Waals surface area contributed by atoms with Gasteiger partial charge in [-0.3, -0.25) is 9.59 Å². The SMILES string of the molecule is O=C(NCc1ccc(OC(F)F)cc1)C1CCCN(C(=O)c2ccc(Cl)cc2)C1. The van der Waals surface area contributed by atoms with Crippen molar-refractivity contribution in [3.8, 4) is 5.75 Å². The number of amides is 2. The van der Waals surface area contributed by atoms with Crippen LogP contribution in [0, 0.1) is 5.92 Å². The van der Waals surface area contributed by atoms with E-state index >= 15 is 0 Å². The zero-order valence-corrected chi connectivity index (χ0v) is 16.4. The first-order valence-corrected chi connectivity index (χ1v) is 9.66. The maximum absolute atomic E-state index is 12.7. The molecule has 0 aromatic heterocycles. The summed E-state index contributed by atoms with van der Waals surface area (Å²) in [4.78, 5) is 26.9. The molecule has 1 saturated heterocycles. The van der Waals surface area contributed by atoms with Crippen LogP contribution in [-0.4, -0.2) is 36.4 Å². The van der Waals surface area contributed by atoms with Crippen LogP contribution in [0.1, 0.15) is 28.8 Å². The monoisotopic (exact) mass is 422 g/mol. The van der Waals surface area contributed by atoms with Crippen LogP contribution in [0.5, 0.6) is 5.75 Å². The van der Waals surface area contributed by atoms with Crippen molar-refractivity contribution in [2.45, 2.75) is 26.0 Å². The van der Waals surface area contributed by atoms with Crippen molar-refractivity contribution in [1.29, 1.82) is 0 Å². The Hall–Kier alpha value is -2.67. The summed E-state index contributed by atoms with van der Waals surface area (Å²) in [5, 5.41) is 3.41. The number of hydrogen-bond donors (Lipinski definition) is 1. The van der Waals surface area contributed by atoms with Gasteiger partial charge in [0.1, 0.15) is 5.75 Å². The van der Waals surface area contributed by atoms with E-state index in [0.29, 0.717) is 30.1 Å². The first-order chi connectivity index (χ1) is 13.9. The van der Waals surface area contributed by atoms with Crippen LogP contribution >= 0.6 is 11.6 Å². The van der Waals surface area contributed by atoms with Gasteiger partial charge < -0.3 is 15.0 Å². The Morgan fingerprint density at radius 2 is 1.83 bits per heavy atom. The van der Waals surface area contributed by atoms with Crippen LogP contribution in [0.15, 0.2) is 48.5 Å². The van der Waals surface area contributed by atoms with Gasteiger partial charge in [-0.25, -0.2) is 0 Å². The second kappa shape index (κ2) is 9.69. The molecule has 1 N–H and O–H groups in total. The maximum Gasteiger partial charge on any atom is 0.387 e. The van der Waals surface area contributed by atoms with Crippen LogP contribution in [0.3, 0.4) is 0 Å². The molecule has 3 rings (SSSR count). The van der Waals surface area contributed by atoms with Crippen molar-refractivity contribution in [2.75, 3.05) is 13.1 Å². The predicted molar refractivity (Wildman–Crippen MR) is 105 cm³/mol. The number of likely N-dealkylation sites (tertiary alicyclic amines) is 1. The minimum Gasteiger partial charge on any atom is -0.435 e. The average Bonchev–Trinajstić information content (AvgIpc) is 2.73. The smallest absolute Gasteiger partial charge is 0.387 e. The van der Waals surface area contributed by atoms with Crippen LogP contribution in [0.2, 0.25) is 5.02 Å². The molecule has 1 atom stereocenters. The largest absolute Gasteiger partial charge is 0.435 e. The Kier molecular flexibility index (Phi) is 7.04. The first-order valence-electron chi connectivity index (χ1n) is 9.28. The molecule has 154 valence electrons. The van der Waals surface area contributed by atoms with Crippen molar-refractivity contribution in [3.05, 3.63) is 64.7 Å². The Morgan fingerprint density at radius 3 is 2.48 bits per heavy atom. The molecule has 29 heavy (non-hydrogen) atoms. The molecule has 1 unspecified atom stereocenters. The van der Waals surface area contributed by atoms with Crippen molar-refractivity contribution >= 4 is 23.4 Å². The molecule has 0 saturated carbocycles. The lowest BCUT2D eigenvalue weighted by Crippen LogP contribution is -2.45. The Labute approximate surface area is 172 Å². The topological polar surface area (TPSA) is 58.6 Å². The van der Waals surface area contributed by atoms with Gasteiger partial charge in [0.2, 0.25) is 5.91 Å². The van der Waals surface area contributed by atoms with Gasteiger partial charge in [0, 0.05) is 30.2 Å². The van der Waals surface area contributed by atoms with Gasteiger partial charge in [-0.05, 0) is 54.8 Å². The molecule has 0 radical (unpaired) electrons. The van der Waals surface area contributed by atoms with Gasteiger partial charge in [0.05, 0.1) is 5.92 Å².